The molecule has 0 saturated carbocycles. The van der Waals surface area contributed by atoms with Gasteiger partial charge in [-0.25, -0.2) is 4.68 Å². The lowest BCUT2D eigenvalue weighted by Crippen LogP contribution is -2.39. The third-order valence-electron chi connectivity index (χ3n) is 4.76. The Bertz CT molecular complexity index is 709. The van der Waals surface area contributed by atoms with Gasteiger partial charge in [0.25, 0.3) is 0 Å². The van der Waals surface area contributed by atoms with Crippen molar-refractivity contribution in [3.8, 4) is 0 Å². The molecule has 26 heavy (non-hydrogen) atoms. The number of likely N-dealkylation sites (tertiary alicyclic amines) is 1. The molecular formula is C16H27N9O. The minimum absolute atomic E-state index is 0.193. The quantitative estimate of drug-likeness (QED) is 0.687. The van der Waals surface area contributed by atoms with Gasteiger partial charge in [-0.1, -0.05) is 0 Å². The van der Waals surface area contributed by atoms with E-state index in [1.54, 1.807) is 11.0 Å². The van der Waals surface area contributed by atoms with Crippen LogP contribution in [0.4, 0.5) is 0 Å². The van der Waals surface area contributed by atoms with Gasteiger partial charge in [-0.2, -0.15) is 0 Å². The van der Waals surface area contributed by atoms with Crippen molar-refractivity contribution in [1.29, 1.82) is 0 Å². The zero-order chi connectivity index (χ0) is 18.5. The molecule has 142 valence electrons. The van der Waals surface area contributed by atoms with Crippen molar-refractivity contribution in [3.05, 3.63) is 18.0 Å². The Morgan fingerprint density at radius 3 is 2.92 bits per heavy atom. The zero-order valence-corrected chi connectivity index (χ0v) is 15.7. The van der Waals surface area contributed by atoms with Gasteiger partial charge in [0.2, 0.25) is 5.91 Å². The highest BCUT2D eigenvalue weighted by Crippen LogP contribution is 2.26. The summed E-state index contributed by atoms with van der Waals surface area (Å²) in [6, 6.07) is 0. The highest BCUT2D eigenvalue weighted by atomic mass is 16.2. The predicted octanol–water partition coefficient (Wildman–Crippen LogP) is 0.0496. The summed E-state index contributed by atoms with van der Waals surface area (Å²) in [5.41, 5.74) is 0. The van der Waals surface area contributed by atoms with Crippen molar-refractivity contribution in [1.82, 2.24) is 44.8 Å². The van der Waals surface area contributed by atoms with Crippen LogP contribution in [0.15, 0.2) is 6.33 Å². The van der Waals surface area contributed by atoms with Gasteiger partial charge in [-0.15, -0.1) is 15.3 Å². The van der Waals surface area contributed by atoms with E-state index in [1.807, 2.05) is 26.0 Å². The molecule has 1 aliphatic rings. The van der Waals surface area contributed by atoms with E-state index in [0.717, 1.165) is 50.5 Å². The first-order chi connectivity index (χ1) is 12.5. The van der Waals surface area contributed by atoms with Gasteiger partial charge >= 0.3 is 0 Å². The third kappa shape index (κ3) is 4.43. The van der Waals surface area contributed by atoms with Gasteiger partial charge in [0.15, 0.2) is 0 Å². The molecule has 0 bridgehead atoms. The Kier molecular flexibility index (Phi) is 5.92. The molecule has 1 saturated heterocycles. The second kappa shape index (κ2) is 8.35. The van der Waals surface area contributed by atoms with Crippen molar-refractivity contribution in [2.45, 2.75) is 44.7 Å². The minimum atomic E-state index is 0.193. The van der Waals surface area contributed by atoms with Gasteiger partial charge in [-0.05, 0) is 43.8 Å². The van der Waals surface area contributed by atoms with Crippen molar-refractivity contribution in [2.24, 2.45) is 7.05 Å². The molecule has 3 rings (SSSR count). The van der Waals surface area contributed by atoms with Gasteiger partial charge < -0.3 is 14.4 Å². The molecule has 0 aliphatic carbocycles. The Labute approximate surface area is 153 Å². The smallest absolute Gasteiger partial charge is 0.222 e. The second-order valence-corrected chi connectivity index (χ2v) is 7.13. The topological polar surface area (TPSA) is 97.9 Å². The lowest BCUT2D eigenvalue weighted by Gasteiger charge is -2.32. The van der Waals surface area contributed by atoms with Gasteiger partial charge in [0.05, 0.1) is 6.54 Å². The summed E-state index contributed by atoms with van der Waals surface area (Å²) in [7, 11) is 6.05. The van der Waals surface area contributed by atoms with E-state index in [4.69, 9.17) is 0 Å². The fourth-order valence-corrected chi connectivity index (χ4v) is 3.40. The maximum atomic E-state index is 12.6. The number of aromatic nitrogens is 7. The number of rotatable bonds is 7. The Morgan fingerprint density at radius 2 is 2.19 bits per heavy atom. The van der Waals surface area contributed by atoms with E-state index in [9.17, 15) is 4.79 Å². The number of nitrogens with zero attached hydrogens (tertiary/aromatic N) is 9. The highest BCUT2D eigenvalue weighted by Gasteiger charge is 2.28. The first-order valence-corrected chi connectivity index (χ1v) is 9.06. The monoisotopic (exact) mass is 361 g/mol. The predicted molar refractivity (Wildman–Crippen MR) is 94.0 cm³/mol. The maximum absolute atomic E-state index is 12.6. The van der Waals surface area contributed by atoms with Crippen LogP contribution < -0.4 is 0 Å². The van der Waals surface area contributed by atoms with Crippen LogP contribution in [-0.2, 0) is 24.9 Å². The van der Waals surface area contributed by atoms with Gasteiger partial charge in [0, 0.05) is 39.0 Å². The third-order valence-corrected chi connectivity index (χ3v) is 4.76. The van der Waals surface area contributed by atoms with Crippen LogP contribution in [-0.4, -0.2) is 77.9 Å². The second-order valence-electron chi connectivity index (χ2n) is 7.13. The van der Waals surface area contributed by atoms with Crippen molar-refractivity contribution in [3.63, 3.8) is 0 Å². The average molecular weight is 361 g/mol. The standard InChI is InChI=1S/C16H27N9O/c1-22(2)11-14-18-19-16(23(14)3)13-6-4-8-24(10-13)15(26)7-5-9-25-12-17-20-21-25/h12-13H,4-11H2,1-3H3/t13-/m1/s1. The number of amides is 1. The number of carbonyl (C=O) groups excluding carboxylic acids is 1. The molecule has 1 fully saturated rings. The molecule has 2 aromatic heterocycles. The van der Waals surface area contributed by atoms with Crippen molar-refractivity contribution in [2.75, 3.05) is 27.2 Å². The Hall–Kier alpha value is -2.36. The van der Waals surface area contributed by atoms with Crippen molar-refractivity contribution >= 4 is 5.91 Å². The summed E-state index contributed by atoms with van der Waals surface area (Å²) in [5.74, 6) is 2.38. The van der Waals surface area contributed by atoms with Gasteiger partial charge in [-0.3, -0.25) is 4.79 Å². The Balaban J connectivity index is 1.55. The average Bonchev–Trinajstić information content (AvgIpc) is 3.25. The van der Waals surface area contributed by atoms with E-state index < -0.39 is 0 Å². The molecule has 1 atom stereocenters. The van der Waals surface area contributed by atoms with E-state index in [2.05, 4.69) is 35.2 Å². The first-order valence-electron chi connectivity index (χ1n) is 9.06. The lowest BCUT2D eigenvalue weighted by atomic mass is 9.96. The van der Waals surface area contributed by atoms with Crippen LogP contribution >= 0.6 is 0 Å². The van der Waals surface area contributed by atoms with Crippen LogP contribution in [0.3, 0.4) is 0 Å². The molecule has 0 aromatic carbocycles. The normalized spacial score (nSPS) is 17.8. The van der Waals surface area contributed by atoms with E-state index in [0.29, 0.717) is 13.0 Å². The van der Waals surface area contributed by atoms with E-state index in [1.165, 1.54) is 0 Å². The summed E-state index contributed by atoms with van der Waals surface area (Å²) >= 11 is 0. The molecule has 3 heterocycles. The number of aryl methyl sites for hydroxylation is 1. The number of hydrogen-bond acceptors (Lipinski definition) is 7. The van der Waals surface area contributed by atoms with Crippen LogP contribution in [0, 0.1) is 0 Å². The molecule has 10 heteroatoms. The highest BCUT2D eigenvalue weighted by molar-refractivity contribution is 5.76. The first kappa shape index (κ1) is 18.4. The molecule has 0 spiro atoms. The number of hydrogen-bond donors (Lipinski definition) is 0. The SMILES string of the molecule is CN(C)Cc1nnc([C@@H]2CCCN(C(=O)CCCn3cnnn3)C2)n1C. The van der Waals surface area contributed by atoms with Gasteiger partial charge in [0.1, 0.15) is 18.0 Å². The summed E-state index contributed by atoms with van der Waals surface area (Å²) in [6.07, 6.45) is 4.86. The summed E-state index contributed by atoms with van der Waals surface area (Å²) in [4.78, 5) is 16.6. The lowest BCUT2D eigenvalue weighted by molar-refractivity contribution is -0.132. The molecule has 0 N–H and O–H groups in total. The van der Waals surface area contributed by atoms with Crippen LogP contribution in [0.1, 0.15) is 43.3 Å². The molecule has 2 aromatic rings. The van der Waals surface area contributed by atoms with Crippen LogP contribution in [0.5, 0.6) is 0 Å². The summed E-state index contributed by atoms with van der Waals surface area (Å²) in [5, 5.41) is 19.7. The fourth-order valence-electron chi connectivity index (χ4n) is 3.40. The molecule has 1 amide bonds. The molecule has 1 aliphatic heterocycles. The molecule has 0 radical (unpaired) electrons. The summed E-state index contributed by atoms with van der Waals surface area (Å²) in [6.45, 7) is 2.96. The molecular weight excluding hydrogens is 334 g/mol. The molecule has 10 nitrogen and oxygen atoms in total. The molecule has 0 unspecified atom stereocenters. The number of carbonyl (C=O) groups is 1. The van der Waals surface area contributed by atoms with Crippen LogP contribution in [0.25, 0.3) is 0 Å². The minimum Gasteiger partial charge on any atom is -0.342 e. The zero-order valence-electron chi connectivity index (χ0n) is 15.7. The largest absolute Gasteiger partial charge is 0.342 e. The van der Waals surface area contributed by atoms with E-state index in [-0.39, 0.29) is 11.8 Å². The van der Waals surface area contributed by atoms with Crippen molar-refractivity contribution < 1.29 is 4.79 Å². The Morgan fingerprint density at radius 1 is 1.35 bits per heavy atom. The van der Waals surface area contributed by atoms with Crippen LogP contribution in [0.2, 0.25) is 0 Å². The maximum Gasteiger partial charge on any atom is 0.222 e. The van der Waals surface area contributed by atoms with E-state index >= 15 is 0 Å². The number of piperidine rings is 1. The summed E-state index contributed by atoms with van der Waals surface area (Å²) < 4.78 is 3.73. The number of tetrazole rings is 1. The fraction of sp³-hybridized carbons (Fsp3) is 0.750.